The van der Waals surface area contributed by atoms with Crippen molar-refractivity contribution in [3.05, 3.63) is 16.1 Å². The zero-order valence-electron chi connectivity index (χ0n) is 15.7. The summed E-state index contributed by atoms with van der Waals surface area (Å²) in [7, 11) is 3.65. The van der Waals surface area contributed by atoms with Crippen molar-refractivity contribution in [3.8, 4) is 0 Å². The lowest BCUT2D eigenvalue weighted by atomic mass is 9.90. The Hall–Kier alpha value is -1.23. The first-order valence-electron chi connectivity index (χ1n) is 8.53. The van der Waals surface area contributed by atoms with Crippen LogP contribution in [0.4, 0.5) is 0 Å². The second-order valence-electron chi connectivity index (χ2n) is 6.75. The van der Waals surface area contributed by atoms with Gasteiger partial charge in [0.05, 0.1) is 5.69 Å². The predicted octanol–water partition coefficient (Wildman–Crippen LogP) is 0.577. The number of aromatic nitrogens is 2. The Morgan fingerprint density at radius 2 is 1.96 bits per heavy atom. The molecule has 1 radical (unpaired) electrons. The Kier molecular flexibility index (Phi) is 9.49. The highest BCUT2D eigenvalue weighted by atomic mass is 79.9. The van der Waals surface area contributed by atoms with E-state index in [1.165, 1.54) is 0 Å². The molecule has 1 aliphatic rings. The summed E-state index contributed by atoms with van der Waals surface area (Å²) < 4.78 is 2.74. The van der Waals surface area contributed by atoms with Gasteiger partial charge in [0, 0.05) is 39.0 Å². The van der Waals surface area contributed by atoms with Gasteiger partial charge in [0.15, 0.2) is 10.5 Å². The largest absolute Gasteiger partial charge is 0.482 e. The van der Waals surface area contributed by atoms with Crippen LogP contribution in [-0.4, -0.2) is 64.5 Å². The number of carbonyl (C=O) groups is 2. The topological polar surface area (TPSA) is 108 Å². The van der Waals surface area contributed by atoms with Crippen molar-refractivity contribution in [2.45, 2.75) is 39.8 Å². The zero-order valence-corrected chi connectivity index (χ0v) is 17.3. The van der Waals surface area contributed by atoms with E-state index in [9.17, 15) is 9.59 Å². The third-order valence-corrected chi connectivity index (χ3v) is 4.83. The molecule has 8 nitrogen and oxygen atoms in total. The summed E-state index contributed by atoms with van der Waals surface area (Å²) in [4.78, 5) is 31.4. The number of likely N-dealkylation sites (N-methyl/N-ethyl adjacent to an activating group) is 1. The molecule has 0 bridgehead atoms. The summed E-state index contributed by atoms with van der Waals surface area (Å²) in [5.74, 6) is -0.0656. The van der Waals surface area contributed by atoms with Gasteiger partial charge in [-0.25, -0.2) is 4.98 Å². The van der Waals surface area contributed by atoms with Gasteiger partial charge in [0.25, 0.3) is 0 Å². The van der Waals surface area contributed by atoms with Crippen molar-refractivity contribution >= 4 is 35.3 Å². The lowest BCUT2D eigenvalue weighted by Crippen LogP contribution is -2.32. The maximum Gasteiger partial charge on any atom is 0.482 e. The van der Waals surface area contributed by atoms with Gasteiger partial charge in [-0.05, 0) is 35.3 Å². The minimum absolute atomic E-state index is 0. The molecule has 2 rings (SSSR count). The van der Waals surface area contributed by atoms with Gasteiger partial charge < -0.3 is 19.9 Å². The summed E-state index contributed by atoms with van der Waals surface area (Å²) >= 11 is 3.44. The quantitative estimate of drug-likeness (QED) is 0.450. The van der Waals surface area contributed by atoms with Crippen molar-refractivity contribution in [2.75, 3.05) is 20.6 Å². The number of nitrogens with one attached hydrogen (secondary N) is 1. The van der Waals surface area contributed by atoms with E-state index < -0.39 is 0 Å². The Bertz CT molecular complexity index is 624. The molecule has 0 aliphatic carbocycles. The molecule has 1 amide bonds. The van der Waals surface area contributed by atoms with Gasteiger partial charge in [-0.3, -0.25) is 14.5 Å². The summed E-state index contributed by atoms with van der Waals surface area (Å²) in [6.45, 7) is 6.57. The molecular formula is C16H27BBrN4O4. The molecule has 26 heavy (non-hydrogen) atoms. The van der Waals surface area contributed by atoms with E-state index >= 15 is 0 Å². The first kappa shape index (κ1) is 22.8. The lowest BCUT2D eigenvalue weighted by Gasteiger charge is -2.25. The van der Waals surface area contributed by atoms with Gasteiger partial charge in [0.2, 0.25) is 5.91 Å². The van der Waals surface area contributed by atoms with Gasteiger partial charge in [-0.1, -0.05) is 13.8 Å². The molecule has 0 saturated heterocycles. The SMILES string of the molecule is CNC(=O)[C@@H](CC(=O)c1nc(Br)n2c1CN(C)CC2)CC(C)C.O[B]O. The molecule has 0 spiro atoms. The molecule has 3 N–H and O–H groups in total. The molecular weight excluding hydrogens is 403 g/mol. The van der Waals surface area contributed by atoms with Crippen LogP contribution in [0.1, 0.15) is 42.9 Å². The monoisotopic (exact) mass is 429 g/mol. The van der Waals surface area contributed by atoms with E-state index in [4.69, 9.17) is 10.0 Å². The normalized spacial score (nSPS) is 14.9. The fourth-order valence-electron chi connectivity index (χ4n) is 3.05. The molecule has 1 aliphatic heterocycles. The first-order chi connectivity index (χ1) is 12.2. The van der Waals surface area contributed by atoms with Crippen LogP contribution in [0.5, 0.6) is 0 Å². The van der Waals surface area contributed by atoms with E-state index in [1.807, 2.05) is 11.6 Å². The van der Waals surface area contributed by atoms with Crippen LogP contribution < -0.4 is 5.32 Å². The smallest absolute Gasteiger partial charge is 0.429 e. The lowest BCUT2D eigenvalue weighted by molar-refractivity contribution is -0.124. The van der Waals surface area contributed by atoms with Crippen LogP contribution in [0.3, 0.4) is 0 Å². The van der Waals surface area contributed by atoms with Gasteiger partial charge in [-0.2, -0.15) is 0 Å². The molecule has 145 valence electrons. The van der Waals surface area contributed by atoms with E-state index in [-0.39, 0.29) is 31.7 Å². The summed E-state index contributed by atoms with van der Waals surface area (Å²) in [5.41, 5.74) is 1.44. The van der Waals surface area contributed by atoms with Crippen molar-refractivity contribution < 1.29 is 19.6 Å². The highest BCUT2D eigenvalue weighted by molar-refractivity contribution is 9.10. The molecule has 0 unspecified atom stereocenters. The average Bonchev–Trinajstić information content (AvgIpc) is 2.90. The molecule has 0 saturated carbocycles. The fourth-order valence-corrected chi connectivity index (χ4v) is 3.62. The fraction of sp³-hybridized carbons (Fsp3) is 0.688. The summed E-state index contributed by atoms with van der Waals surface area (Å²) in [5, 5.41) is 16.7. The Morgan fingerprint density at radius 1 is 1.35 bits per heavy atom. The van der Waals surface area contributed by atoms with E-state index in [0.717, 1.165) is 18.8 Å². The molecule has 0 fully saturated rings. The van der Waals surface area contributed by atoms with Crippen molar-refractivity contribution in [1.82, 2.24) is 19.8 Å². The van der Waals surface area contributed by atoms with E-state index in [2.05, 4.69) is 45.0 Å². The number of Topliss-reactive ketones (excluding diaryl/α,β-unsaturated/α-hetero) is 1. The number of rotatable bonds is 6. The Morgan fingerprint density at radius 3 is 2.50 bits per heavy atom. The van der Waals surface area contributed by atoms with Crippen molar-refractivity contribution in [1.29, 1.82) is 0 Å². The van der Waals surface area contributed by atoms with E-state index in [0.29, 0.717) is 29.3 Å². The minimum Gasteiger partial charge on any atom is -0.429 e. The second-order valence-corrected chi connectivity index (χ2v) is 7.46. The standard InChI is InChI=1S/C16H25BrN4O2.BH2O2/c1-10(2)7-11(15(23)18-3)8-13(22)14-12-9-20(4)5-6-21(12)16(17)19-14;2-1-3/h10-11H,5-9H2,1-4H3,(H,18,23);2-3H/t11-;/m1./s1. The van der Waals surface area contributed by atoms with Crippen LogP contribution in [0, 0.1) is 11.8 Å². The van der Waals surface area contributed by atoms with Crippen LogP contribution in [-0.2, 0) is 17.9 Å². The highest BCUT2D eigenvalue weighted by Gasteiger charge is 2.29. The number of halogens is 1. The predicted molar refractivity (Wildman–Crippen MR) is 102 cm³/mol. The molecule has 0 aromatic carbocycles. The number of carbonyl (C=O) groups excluding carboxylic acids is 2. The van der Waals surface area contributed by atoms with Gasteiger partial charge >= 0.3 is 7.69 Å². The Labute approximate surface area is 163 Å². The highest BCUT2D eigenvalue weighted by Crippen LogP contribution is 2.25. The third kappa shape index (κ3) is 6.19. The maximum absolute atomic E-state index is 12.8. The van der Waals surface area contributed by atoms with Crippen molar-refractivity contribution in [2.24, 2.45) is 11.8 Å². The van der Waals surface area contributed by atoms with E-state index in [1.54, 1.807) is 7.05 Å². The number of fused-ring (bicyclic) bond motifs is 1. The summed E-state index contributed by atoms with van der Waals surface area (Å²) in [6, 6.07) is 0. The third-order valence-electron chi connectivity index (χ3n) is 4.22. The first-order valence-corrected chi connectivity index (χ1v) is 9.32. The zero-order chi connectivity index (χ0) is 19.9. The molecule has 1 atom stereocenters. The number of ketones is 1. The molecule has 1 aromatic rings. The average molecular weight is 430 g/mol. The molecule has 10 heteroatoms. The minimum atomic E-state index is -0.301. The van der Waals surface area contributed by atoms with Crippen LogP contribution in [0.15, 0.2) is 4.73 Å². The van der Waals surface area contributed by atoms with Crippen LogP contribution >= 0.6 is 15.9 Å². The number of imidazole rings is 1. The van der Waals surface area contributed by atoms with Gasteiger partial charge in [0.1, 0.15) is 5.69 Å². The number of nitrogens with zero attached hydrogens (tertiary/aromatic N) is 3. The maximum atomic E-state index is 12.8. The number of hydrogen-bond acceptors (Lipinski definition) is 6. The number of amides is 1. The van der Waals surface area contributed by atoms with Crippen molar-refractivity contribution in [3.63, 3.8) is 0 Å². The molecule has 1 aromatic heterocycles. The second kappa shape index (κ2) is 10.8. The van der Waals surface area contributed by atoms with Crippen LogP contribution in [0.2, 0.25) is 0 Å². The Balaban J connectivity index is 0.00000105. The van der Waals surface area contributed by atoms with Gasteiger partial charge in [-0.15, -0.1) is 0 Å². The number of hydrogen-bond donors (Lipinski definition) is 3. The van der Waals surface area contributed by atoms with Crippen LogP contribution in [0.25, 0.3) is 0 Å². The summed E-state index contributed by atoms with van der Waals surface area (Å²) in [6.07, 6.45) is 0.903. The molecule has 2 heterocycles.